The third-order valence-electron chi connectivity index (χ3n) is 3.73. The van der Waals surface area contributed by atoms with Crippen molar-refractivity contribution in [2.24, 2.45) is 0 Å². The Labute approximate surface area is 136 Å². The molecule has 120 valence electrons. The minimum Gasteiger partial charge on any atom is -0.497 e. The van der Waals surface area contributed by atoms with E-state index in [0.29, 0.717) is 6.61 Å². The second kappa shape index (κ2) is 6.20. The minimum absolute atomic E-state index is 0.493. The molecule has 5 nitrogen and oxygen atoms in total. The second-order valence-electron chi connectivity index (χ2n) is 5.62. The maximum Gasteiger partial charge on any atom is 0.181 e. The second-order valence-corrected chi connectivity index (χ2v) is 5.62. The van der Waals surface area contributed by atoms with Crippen LogP contribution in [0.3, 0.4) is 0 Å². The third-order valence-corrected chi connectivity index (χ3v) is 3.73. The van der Waals surface area contributed by atoms with E-state index >= 15 is 0 Å². The van der Waals surface area contributed by atoms with Crippen LogP contribution in [-0.4, -0.2) is 30.6 Å². The van der Waals surface area contributed by atoms with Gasteiger partial charge in [0.15, 0.2) is 11.4 Å². The Hall–Kier alpha value is -2.69. The van der Waals surface area contributed by atoms with Crippen LogP contribution in [-0.2, 0) is 6.61 Å². The number of hydrogen-bond donors (Lipinski definition) is 0. The molecule has 0 radical (unpaired) electrons. The van der Waals surface area contributed by atoms with E-state index in [4.69, 9.17) is 9.47 Å². The molecule has 3 aromatic rings. The van der Waals surface area contributed by atoms with Crippen molar-refractivity contribution < 1.29 is 9.47 Å². The zero-order valence-electron chi connectivity index (χ0n) is 13.9. The molecule has 0 fully saturated rings. The molecule has 0 aliphatic carbocycles. The monoisotopic (exact) mass is 311 g/mol. The van der Waals surface area contributed by atoms with Crippen LogP contribution in [0.1, 0.15) is 11.3 Å². The number of methoxy groups -OCH3 is 1. The van der Waals surface area contributed by atoms with E-state index in [1.54, 1.807) is 7.11 Å². The summed E-state index contributed by atoms with van der Waals surface area (Å²) in [6.07, 6.45) is 2.00. The lowest BCUT2D eigenvalue weighted by Crippen LogP contribution is -2.12. The van der Waals surface area contributed by atoms with Gasteiger partial charge < -0.3 is 14.4 Å². The molecule has 0 saturated heterocycles. The Kier molecular flexibility index (Phi) is 4.10. The van der Waals surface area contributed by atoms with Gasteiger partial charge in [0, 0.05) is 20.3 Å². The molecule has 0 amide bonds. The van der Waals surface area contributed by atoms with Gasteiger partial charge in [0.1, 0.15) is 18.2 Å². The molecule has 0 N–H and O–H groups in total. The van der Waals surface area contributed by atoms with Crippen molar-refractivity contribution in [2.75, 3.05) is 26.1 Å². The van der Waals surface area contributed by atoms with Gasteiger partial charge in [0.25, 0.3) is 0 Å². The van der Waals surface area contributed by atoms with E-state index in [1.165, 1.54) is 0 Å². The number of ether oxygens (including phenoxy) is 2. The maximum atomic E-state index is 5.98. The SMILES string of the molecule is COc1ccc(COc2cccn3c(N(C)C)c(C)nc23)cc1. The molecule has 1 aromatic carbocycles. The highest BCUT2D eigenvalue weighted by Crippen LogP contribution is 2.27. The van der Waals surface area contributed by atoms with Gasteiger partial charge >= 0.3 is 0 Å². The lowest BCUT2D eigenvalue weighted by atomic mass is 10.2. The Balaban J connectivity index is 1.86. The third kappa shape index (κ3) is 2.95. The first kappa shape index (κ1) is 15.2. The number of aromatic nitrogens is 2. The van der Waals surface area contributed by atoms with Crippen molar-refractivity contribution in [2.45, 2.75) is 13.5 Å². The fourth-order valence-electron chi connectivity index (χ4n) is 2.68. The number of aryl methyl sites for hydroxylation is 1. The molecule has 2 aromatic heterocycles. The predicted octanol–water partition coefficient (Wildman–Crippen LogP) is 3.30. The molecule has 3 rings (SSSR count). The van der Waals surface area contributed by atoms with Crippen molar-refractivity contribution >= 4 is 11.5 Å². The van der Waals surface area contributed by atoms with E-state index in [2.05, 4.69) is 14.3 Å². The minimum atomic E-state index is 0.493. The first-order chi connectivity index (χ1) is 11.1. The number of hydrogen-bond acceptors (Lipinski definition) is 4. The van der Waals surface area contributed by atoms with Gasteiger partial charge in [-0.1, -0.05) is 12.1 Å². The van der Waals surface area contributed by atoms with Crippen molar-refractivity contribution in [1.82, 2.24) is 9.38 Å². The number of fused-ring (bicyclic) bond motifs is 1. The molecule has 0 spiro atoms. The van der Waals surface area contributed by atoms with Crippen LogP contribution in [0.5, 0.6) is 11.5 Å². The van der Waals surface area contributed by atoms with Gasteiger partial charge in [-0.2, -0.15) is 0 Å². The highest BCUT2D eigenvalue weighted by Gasteiger charge is 2.13. The Morgan fingerprint density at radius 2 is 1.87 bits per heavy atom. The fourth-order valence-corrected chi connectivity index (χ4v) is 2.68. The first-order valence-electron chi connectivity index (χ1n) is 7.51. The number of pyridine rings is 1. The molecular formula is C18H21N3O2. The zero-order valence-corrected chi connectivity index (χ0v) is 13.9. The zero-order chi connectivity index (χ0) is 16.4. The summed E-state index contributed by atoms with van der Waals surface area (Å²) in [4.78, 5) is 6.71. The van der Waals surface area contributed by atoms with Crippen LogP contribution in [0.2, 0.25) is 0 Å². The predicted molar refractivity (Wildman–Crippen MR) is 91.6 cm³/mol. The quantitative estimate of drug-likeness (QED) is 0.725. The van der Waals surface area contributed by atoms with E-state index < -0.39 is 0 Å². The average molecular weight is 311 g/mol. The van der Waals surface area contributed by atoms with Crippen molar-refractivity contribution in [1.29, 1.82) is 0 Å². The summed E-state index contributed by atoms with van der Waals surface area (Å²) >= 11 is 0. The molecular weight excluding hydrogens is 290 g/mol. The Morgan fingerprint density at radius 3 is 2.52 bits per heavy atom. The maximum absolute atomic E-state index is 5.98. The largest absolute Gasteiger partial charge is 0.497 e. The molecule has 2 heterocycles. The van der Waals surface area contributed by atoms with Gasteiger partial charge in [0.05, 0.1) is 12.8 Å². The molecule has 0 bridgehead atoms. The smallest absolute Gasteiger partial charge is 0.181 e. The van der Waals surface area contributed by atoms with Crippen LogP contribution in [0.4, 0.5) is 5.82 Å². The lowest BCUT2D eigenvalue weighted by Gasteiger charge is -2.13. The summed E-state index contributed by atoms with van der Waals surface area (Å²) < 4.78 is 13.2. The summed E-state index contributed by atoms with van der Waals surface area (Å²) in [5.74, 6) is 2.68. The van der Waals surface area contributed by atoms with E-state index in [9.17, 15) is 0 Å². The molecule has 0 unspecified atom stereocenters. The molecule has 0 atom stereocenters. The summed E-state index contributed by atoms with van der Waals surface area (Å²) in [7, 11) is 5.69. The fraction of sp³-hybridized carbons (Fsp3) is 0.278. The van der Waals surface area contributed by atoms with Gasteiger partial charge in [0.2, 0.25) is 0 Å². The normalized spacial score (nSPS) is 10.8. The molecule has 0 aliphatic rings. The molecule has 5 heteroatoms. The topological polar surface area (TPSA) is 39.0 Å². The van der Waals surface area contributed by atoms with Crippen LogP contribution in [0.25, 0.3) is 5.65 Å². The number of rotatable bonds is 5. The van der Waals surface area contributed by atoms with Gasteiger partial charge in [-0.15, -0.1) is 0 Å². The molecule has 0 aliphatic heterocycles. The summed E-state index contributed by atoms with van der Waals surface area (Å²) in [6.45, 7) is 2.50. The van der Waals surface area contributed by atoms with E-state index in [1.807, 2.05) is 63.6 Å². The van der Waals surface area contributed by atoms with Gasteiger partial charge in [-0.25, -0.2) is 4.98 Å². The van der Waals surface area contributed by atoms with E-state index in [-0.39, 0.29) is 0 Å². The standard InChI is InChI=1S/C18H21N3O2/c1-13-18(20(2)3)21-11-5-6-16(17(21)19-13)23-12-14-7-9-15(22-4)10-8-14/h5-11H,12H2,1-4H3. The summed E-state index contributed by atoms with van der Waals surface area (Å²) in [5, 5.41) is 0. The number of benzene rings is 1. The molecule has 0 saturated carbocycles. The first-order valence-corrected chi connectivity index (χ1v) is 7.51. The number of nitrogens with zero attached hydrogens (tertiary/aromatic N) is 3. The Bertz CT molecular complexity index is 807. The molecule has 23 heavy (non-hydrogen) atoms. The average Bonchev–Trinajstić information content (AvgIpc) is 2.90. The van der Waals surface area contributed by atoms with E-state index in [0.717, 1.165) is 34.2 Å². The van der Waals surface area contributed by atoms with Crippen LogP contribution >= 0.6 is 0 Å². The number of anilines is 1. The highest BCUT2D eigenvalue weighted by atomic mass is 16.5. The van der Waals surface area contributed by atoms with Gasteiger partial charge in [-0.3, -0.25) is 4.40 Å². The highest BCUT2D eigenvalue weighted by molar-refractivity contribution is 5.62. The number of imidazole rings is 1. The van der Waals surface area contributed by atoms with Crippen LogP contribution in [0, 0.1) is 6.92 Å². The van der Waals surface area contributed by atoms with Crippen LogP contribution in [0.15, 0.2) is 42.6 Å². The van der Waals surface area contributed by atoms with Crippen LogP contribution < -0.4 is 14.4 Å². The van der Waals surface area contributed by atoms with Gasteiger partial charge in [-0.05, 0) is 36.8 Å². The van der Waals surface area contributed by atoms with Crippen molar-refractivity contribution in [3.05, 3.63) is 53.9 Å². The van der Waals surface area contributed by atoms with Crippen molar-refractivity contribution in [3.63, 3.8) is 0 Å². The van der Waals surface area contributed by atoms with Crippen molar-refractivity contribution in [3.8, 4) is 11.5 Å². The summed E-state index contributed by atoms with van der Waals surface area (Å²) in [6, 6.07) is 11.8. The summed E-state index contributed by atoms with van der Waals surface area (Å²) in [5.41, 5.74) is 2.90. The Morgan fingerprint density at radius 1 is 1.13 bits per heavy atom. The lowest BCUT2D eigenvalue weighted by molar-refractivity contribution is 0.308.